The molecular formula is C14H25N3. The highest BCUT2D eigenvalue weighted by Crippen LogP contribution is 2.30. The van der Waals surface area contributed by atoms with Gasteiger partial charge in [0.2, 0.25) is 0 Å². The molecule has 1 aliphatic carbocycles. The number of nitrogens with one attached hydrogen (secondary N) is 1. The van der Waals surface area contributed by atoms with Crippen molar-refractivity contribution in [1.82, 2.24) is 14.9 Å². The predicted molar refractivity (Wildman–Crippen MR) is 71.0 cm³/mol. The molecule has 2 rings (SSSR count). The Balaban J connectivity index is 1.84. The second kappa shape index (κ2) is 5.21. The lowest BCUT2D eigenvalue weighted by Crippen LogP contribution is -2.35. The Bertz CT molecular complexity index is 324. The van der Waals surface area contributed by atoms with E-state index in [1.54, 1.807) is 0 Å². The molecule has 96 valence electrons. The average molecular weight is 235 g/mol. The van der Waals surface area contributed by atoms with Crippen LogP contribution in [0.3, 0.4) is 0 Å². The Labute approximate surface area is 105 Å². The molecule has 3 heteroatoms. The minimum absolute atomic E-state index is 0.427. The summed E-state index contributed by atoms with van der Waals surface area (Å²) in [6, 6.07) is 1.24. The normalized spacial score (nSPS) is 25.4. The van der Waals surface area contributed by atoms with E-state index in [0.717, 1.165) is 6.54 Å². The number of aromatic nitrogens is 2. The maximum atomic E-state index is 4.16. The van der Waals surface area contributed by atoms with Crippen LogP contribution in [-0.2, 0) is 0 Å². The molecule has 1 N–H and O–H groups in total. The second-order valence-electron chi connectivity index (χ2n) is 6.38. The molecule has 0 amide bonds. The van der Waals surface area contributed by atoms with Crippen molar-refractivity contribution in [3.05, 3.63) is 18.7 Å². The fourth-order valence-electron chi connectivity index (χ4n) is 2.63. The lowest BCUT2D eigenvalue weighted by molar-refractivity contribution is 0.330. The van der Waals surface area contributed by atoms with Crippen LogP contribution in [0.4, 0.5) is 0 Å². The molecule has 0 radical (unpaired) electrons. The quantitative estimate of drug-likeness (QED) is 0.869. The lowest BCUT2D eigenvalue weighted by Gasteiger charge is -2.25. The highest BCUT2D eigenvalue weighted by molar-refractivity contribution is 4.91. The Morgan fingerprint density at radius 2 is 2.18 bits per heavy atom. The predicted octanol–water partition coefficient (Wildman–Crippen LogP) is 3.00. The van der Waals surface area contributed by atoms with E-state index in [-0.39, 0.29) is 0 Å². The molecule has 1 aliphatic rings. The topological polar surface area (TPSA) is 29.9 Å². The first-order valence-electron chi connectivity index (χ1n) is 6.77. The highest BCUT2D eigenvalue weighted by Gasteiger charge is 2.27. The van der Waals surface area contributed by atoms with Gasteiger partial charge in [0.1, 0.15) is 0 Å². The molecule has 1 aromatic heterocycles. The molecule has 2 atom stereocenters. The van der Waals surface area contributed by atoms with Crippen LogP contribution in [0.15, 0.2) is 18.7 Å². The van der Waals surface area contributed by atoms with Crippen molar-refractivity contribution in [3.8, 4) is 0 Å². The van der Waals surface area contributed by atoms with Gasteiger partial charge in [0.25, 0.3) is 0 Å². The zero-order valence-corrected chi connectivity index (χ0v) is 11.3. The fourth-order valence-corrected chi connectivity index (χ4v) is 2.63. The van der Waals surface area contributed by atoms with E-state index in [1.165, 1.54) is 25.7 Å². The van der Waals surface area contributed by atoms with Crippen LogP contribution in [-0.4, -0.2) is 22.1 Å². The van der Waals surface area contributed by atoms with Crippen molar-refractivity contribution in [3.63, 3.8) is 0 Å². The van der Waals surface area contributed by atoms with Gasteiger partial charge in [0.05, 0.1) is 6.33 Å². The van der Waals surface area contributed by atoms with Gasteiger partial charge in [-0.3, -0.25) is 0 Å². The third-order valence-corrected chi connectivity index (χ3v) is 3.67. The molecule has 1 heterocycles. The van der Waals surface area contributed by atoms with E-state index in [2.05, 4.69) is 41.8 Å². The van der Waals surface area contributed by atoms with Crippen molar-refractivity contribution in [2.24, 2.45) is 5.41 Å². The Hall–Kier alpha value is -0.830. The van der Waals surface area contributed by atoms with Crippen molar-refractivity contribution in [2.75, 3.05) is 6.54 Å². The average Bonchev–Trinajstić information content (AvgIpc) is 2.82. The number of rotatable bonds is 4. The highest BCUT2D eigenvalue weighted by atomic mass is 15.1. The van der Waals surface area contributed by atoms with Crippen molar-refractivity contribution in [1.29, 1.82) is 0 Å². The largest absolute Gasteiger partial charge is 0.333 e. The number of hydrogen-bond acceptors (Lipinski definition) is 2. The van der Waals surface area contributed by atoms with Gasteiger partial charge in [-0.1, -0.05) is 20.8 Å². The Kier molecular flexibility index (Phi) is 3.87. The van der Waals surface area contributed by atoms with E-state index in [9.17, 15) is 0 Å². The lowest BCUT2D eigenvalue weighted by atomic mass is 9.92. The first kappa shape index (κ1) is 12.6. The molecule has 0 spiro atoms. The van der Waals surface area contributed by atoms with E-state index in [0.29, 0.717) is 17.5 Å². The van der Waals surface area contributed by atoms with Crippen LogP contribution in [0, 0.1) is 5.41 Å². The van der Waals surface area contributed by atoms with Crippen LogP contribution in [0.1, 0.15) is 52.5 Å². The van der Waals surface area contributed by atoms with Gasteiger partial charge in [0, 0.05) is 24.5 Å². The molecule has 0 aromatic carbocycles. The molecular weight excluding hydrogens is 210 g/mol. The molecule has 1 aromatic rings. The minimum Gasteiger partial charge on any atom is -0.333 e. The van der Waals surface area contributed by atoms with Gasteiger partial charge in [-0.2, -0.15) is 0 Å². The molecule has 0 bridgehead atoms. The molecule has 0 saturated heterocycles. The molecule has 1 fully saturated rings. The monoisotopic (exact) mass is 235 g/mol. The van der Waals surface area contributed by atoms with Gasteiger partial charge < -0.3 is 9.88 Å². The summed E-state index contributed by atoms with van der Waals surface area (Å²) in [5, 5.41) is 3.73. The summed E-state index contributed by atoms with van der Waals surface area (Å²) in [4.78, 5) is 4.16. The Morgan fingerprint density at radius 1 is 1.35 bits per heavy atom. The molecule has 1 saturated carbocycles. The smallest absolute Gasteiger partial charge is 0.0949 e. The number of nitrogens with zero attached hydrogens (tertiary/aromatic N) is 2. The maximum absolute atomic E-state index is 4.16. The summed E-state index contributed by atoms with van der Waals surface area (Å²) in [5.41, 5.74) is 0.427. The van der Waals surface area contributed by atoms with Gasteiger partial charge in [-0.15, -0.1) is 0 Å². The molecule has 17 heavy (non-hydrogen) atoms. The van der Waals surface area contributed by atoms with Crippen molar-refractivity contribution in [2.45, 2.75) is 58.5 Å². The van der Waals surface area contributed by atoms with Crippen molar-refractivity contribution >= 4 is 0 Å². The summed E-state index contributed by atoms with van der Waals surface area (Å²) < 4.78 is 2.27. The van der Waals surface area contributed by atoms with Gasteiger partial charge in [-0.05, 0) is 37.6 Å². The van der Waals surface area contributed by atoms with Crippen LogP contribution in [0.2, 0.25) is 0 Å². The first-order chi connectivity index (χ1) is 8.06. The van der Waals surface area contributed by atoms with E-state index in [1.807, 2.05) is 12.5 Å². The van der Waals surface area contributed by atoms with Crippen LogP contribution in [0.25, 0.3) is 0 Å². The molecule has 2 unspecified atom stereocenters. The zero-order valence-electron chi connectivity index (χ0n) is 11.3. The van der Waals surface area contributed by atoms with Crippen LogP contribution >= 0.6 is 0 Å². The third-order valence-electron chi connectivity index (χ3n) is 3.67. The second-order valence-corrected chi connectivity index (χ2v) is 6.38. The molecule has 3 nitrogen and oxygen atoms in total. The van der Waals surface area contributed by atoms with Crippen molar-refractivity contribution < 1.29 is 0 Å². The third kappa shape index (κ3) is 3.56. The van der Waals surface area contributed by atoms with E-state index >= 15 is 0 Å². The van der Waals surface area contributed by atoms with E-state index < -0.39 is 0 Å². The van der Waals surface area contributed by atoms with E-state index in [4.69, 9.17) is 0 Å². The summed E-state index contributed by atoms with van der Waals surface area (Å²) >= 11 is 0. The fraction of sp³-hybridized carbons (Fsp3) is 0.786. The Morgan fingerprint density at radius 3 is 2.82 bits per heavy atom. The minimum atomic E-state index is 0.427. The number of imidazole rings is 1. The summed E-state index contributed by atoms with van der Waals surface area (Å²) in [7, 11) is 0. The van der Waals surface area contributed by atoms with Crippen LogP contribution < -0.4 is 5.32 Å². The molecule has 0 aliphatic heterocycles. The SMILES string of the molecule is CC(C)(C)CCNC1CCCC1n1ccnc1. The first-order valence-corrected chi connectivity index (χ1v) is 6.77. The number of hydrogen-bond donors (Lipinski definition) is 1. The standard InChI is InChI=1S/C14H25N3/c1-14(2,3)7-8-16-12-5-4-6-13(12)17-10-9-15-11-17/h9-13,16H,4-8H2,1-3H3. The maximum Gasteiger partial charge on any atom is 0.0949 e. The summed E-state index contributed by atoms with van der Waals surface area (Å²) in [6.45, 7) is 8.03. The zero-order chi connectivity index (χ0) is 12.3. The van der Waals surface area contributed by atoms with Gasteiger partial charge >= 0.3 is 0 Å². The van der Waals surface area contributed by atoms with Crippen LogP contribution in [0.5, 0.6) is 0 Å². The summed E-state index contributed by atoms with van der Waals surface area (Å²) in [5.74, 6) is 0. The summed E-state index contributed by atoms with van der Waals surface area (Å²) in [6.07, 6.45) is 11.1. The van der Waals surface area contributed by atoms with Gasteiger partial charge in [0.15, 0.2) is 0 Å². The van der Waals surface area contributed by atoms with Gasteiger partial charge in [-0.25, -0.2) is 4.98 Å².